The Labute approximate surface area is 148 Å². The molecule has 0 aliphatic carbocycles. The average molecular weight is 368 g/mol. The third-order valence-corrected chi connectivity index (χ3v) is 5.21. The molecule has 0 bridgehead atoms. The maximum Gasteiger partial charge on any atom is 0.328 e. The quantitative estimate of drug-likeness (QED) is 0.549. The summed E-state index contributed by atoms with van der Waals surface area (Å²) in [5.74, 6) is -2.43. The lowest BCUT2D eigenvalue weighted by molar-refractivity contribution is -0.143. The van der Waals surface area contributed by atoms with Crippen molar-refractivity contribution in [3.8, 4) is 5.75 Å². The Morgan fingerprint density at radius 2 is 1.92 bits per heavy atom. The molecule has 1 aliphatic heterocycles. The van der Waals surface area contributed by atoms with Gasteiger partial charge in [0.05, 0.1) is 5.37 Å². The van der Waals surface area contributed by atoms with E-state index < -0.39 is 40.1 Å². The third kappa shape index (κ3) is 4.86. The predicted molar refractivity (Wildman–Crippen MR) is 91.5 cm³/mol. The van der Waals surface area contributed by atoms with E-state index in [1.807, 2.05) is 0 Å². The van der Waals surface area contributed by atoms with Crippen molar-refractivity contribution in [2.45, 2.75) is 36.1 Å². The monoisotopic (exact) mass is 368 g/mol. The van der Waals surface area contributed by atoms with Crippen molar-refractivity contribution < 1.29 is 29.3 Å². The van der Waals surface area contributed by atoms with E-state index >= 15 is 0 Å². The van der Waals surface area contributed by atoms with Crippen LogP contribution in [0, 0.1) is 0 Å². The maximum absolute atomic E-state index is 12.0. The van der Waals surface area contributed by atoms with Crippen LogP contribution >= 0.6 is 11.8 Å². The highest BCUT2D eigenvalue weighted by Crippen LogP contribution is 2.39. The van der Waals surface area contributed by atoms with E-state index in [1.165, 1.54) is 11.8 Å². The highest BCUT2D eigenvalue weighted by atomic mass is 32.2. The summed E-state index contributed by atoms with van der Waals surface area (Å²) >= 11 is 1.17. The van der Waals surface area contributed by atoms with Crippen LogP contribution in [0.15, 0.2) is 30.3 Å². The van der Waals surface area contributed by atoms with Gasteiger partial charge in [-0.05, 0) is 26.0 Å². The Bertz CT molecular complexity index is 651. The van der Waals surface area contributed by atoms with Crippen molar-refractivity contribution in [3.63, 3.8) is 0 Å². The van der Waals surface area contributed by atoms with Crippen molar-refractivity contribution in [3.05, 3.63) is 30.3 Å². The largest absolute Gasteiger partial charge is 0.484 e. The Kier molecular flexibility index (Phi) is 5.91. The first-order valence-electron chi connectivity index (χ1n) is 7.57. The fraction of sp³-hybridized carbons (Fsp3) is 0.438. The number of carbonyl (C=O) groups excluding carboxylic acids is 1. The van der Waals surface area contributed by atoms with Crippen LogP contribution in [-0.4, -0.2) is 56.9 Å². The van der Waals surface area contributed by atoms with Crippen LogP contribution in [0.2, 0.25) is 0 Å². The minimum atomic E-state index is -1.28. The Morgan fingerprint density at radius 3 is 2.44 bits per heavy atom. The van der Waals surface area contributed by atoms with E-state index in [2.05, 4.69) is 10.6 Å². The smallest absolute Gasteiger partial charge is 0.328 e. The number of benzene rings is 1. The summed E-state index contributed by atoms with van der Waals surface area (Å²) in [5, 5.41) is 23.0. The minimum Gasteiger partial charge on any atom is -0.484 e. The van der Waals surface area contributed by atoms with Crippen molar-refractivity contribution >= 4 is 29.6 Å². The first kappa shape index (κ1) is 19.1. The minimum absolute atomic E-state index is 0.336. The zero-order chi connectivity index (χ0) is 18.6. The summed E-state index contributed by atoms with van der Waals surface area (Å²) < 4.78 is 4.57. The molecule has 1 aromatic carbocycles. The van der Waals surface area contributed by atoms with E-state index in [0.717, 1.165) is 0 Å². The SMILES string of the molecule is CC1(C)SC(C(NC(=O)COc2ccccc2)C(=O)O)NC1C(=O)O. The first-order chi connectivity index (χ1) is 11.7. The van der Waals surface area contributed by atoms with Gasteiger partial charge in [0.15, 0.2) is 12.6 Å². The molecule has 1 fully saturated rings. The number of amides is 1. The summed E-state index contributed by atoms with van der Waals surface area (Å²) in [6, 6.07) is 6.47. The molecule has 0 radical (unpaired) electrons. The number of para-hydroxylation sites is 1. The van der Waals surface area contributed by atoms with Gasteiger partial charge in [0.1, 0.15) is 11.8 Å². The number of hydrogen-bond donors (Lipinski definition) is 4. The van der Waals surface area contributed by atoms with Crippen molar-refractivity contribution in [1.29, 1.82) is 0 Å². The van der Waals surface area contributed by atoms with Gasteiger partial charge in [-0.25, -0.2) is 4.79 Å². The molecule has 2 rings (SSSR count). The molecule has 0 saturated carbocycles. The molecule has 25 heavy (non-hydrogen) atoms. The molecular formula is C16H20N2O6S. The molecule has 136 valence electrons. The van der Waals surface area contributed by atoms with Gasteiger partial charge in [0, 0.05) is 4.75 Å². The van der Waals surface area contributed by atoms with Gasteiger partial charge >= 0.3 is 11.9 Å². The van der Waals surface area contributed by atoms with Crippen LogP contribution < -0.4 is 15.4 Å². The maximum atomic E-state index is 12.0. The average Bonchev–Trinajstić information content (AvgIpc) is 2.86. The van der Waals surface area contributed by atoms with Crippen molar-refractivity contribution in [2.75, 3.05) is 6.61 Å². The topological polar surface area (TPSA) is 125 Å². The third-order valence-electron chi connectivity index (χ3n) is 3.70. The number of nitrogens with one attached hydrogen (secondary N) is 2. The van der Waals surface area contributed by atoms with Crippen LogP contribution in [0.5, 0.6) is 5.75 Å². The predicted octanol–water partition coefficient (Wildman–Crippen LogP) is 0.529. The second-order valence-electron chi connectivity index (χ2n) is 6.06. The van der Waals surface area contributed by atoms with E-state index in [0.29, 0.717) is 5.75 Å². The number of rotatable bonds is 7. The molecule has 1 aliphatic rings. The number of ether oxygens (including phenoxy) is 1. The van der Waals surface area contributed by atoms with Gasteiger partial charge in [0.2, 0.25) is 0 Å². The molecule has 1 heterocycles. The second-order valence-corrected chi connectivity index (χ2v) is 7.86. The van der Waals surface area contributed by atoms with E-state index in [1.54, 1.807) is 44.2 Å². The molecule has 9 heteroatoms. The van der Waals surface area contributed by atoms with Crippen LogP contribution in [0.1, 0.15) is 13.8 Å². The lowest BCUT2D eigenvalue weighted by atomic mass is 10.0. The number of carboxylic acids is 2. The summed E-state index contributed by atoms with van der Waals surface area (Å²) in [6.07, 6.45) is 0. The molecule has 0 aromatic heterocycles. The normalized spacial score (nSPS) is 22.8. The number of hydrogen-bond acceptors (Lipinski definition) is 6. The fourth-order valence-corrected chi connectivity index (χ4v) is 3.96. The zero-order valence-electron chi connectivity index (χ0n) is 13.8. The lowest BCUT2D eigenvalue weighted by Gasteiger charge is -2.22. The number of thioether (sulfide) groups is 1. The van der Waals surface area contributed by atoms with Gasteiger partial charge in [-0.2, -0.15) is 0 Å². The van der Waals surface area contributed by atoms with Crippen molar-refractivity contribution in [2.24, 2.45) is 0 Å². The number of carboxylic acid groups (broad SMARTS) is 2. The summed E-state index contributed by atoms with van der Waals surface area (Å²) in [4.78, 5) is 34.8. The number of carbonyl (C=O) groups is 3. The molecule has 8 nitrogen and oxygen atoms in total. The first-order valence-corrected chi connectivity index (χ1v) is 8.45. The highest BCUT2D eigenvalue weighted by molar-refractivity contribution is 8.01. The van der Waals surface area contributed by atoms with E-state index in [4.69, 9.17) is 4.74 Å². The Hall–Kier alpha value is -2.26. The second kappa shape index (κ2) is 7.75. The molecular weight excluding hydrogens is 348 g/mol. The van der Waals surface area contributed by atoms with Crippen LogP contribution in [0.3, 0.4) is 0 Å². The summed E-state index contributed by atoms with van der Waals surface area (Å²) in [7, 11) is 0. The Morgan fingerprint density at radius 1 is 1.28 bits per heavy atom. The molecule has 0 spiro atoms. The molecule has 3 unspecified atom stereocenters. The molecule has 1 saturated heterocycles. The fourth-order valence-electron chi connectivity index (χ4n) is 2.47. The van der Waals surface area contributed by atoms with E-state index in [9.17, 15) is 24.6 Å². The summed E-state index contributed by atoms with van der Waals surface area (Å²) in [5.41, 5.74) is 0. The zero-order valence-corrected chi connectivity index (χ0v) is 14.6. The van der Waals surface area contributed by atoms with Gasteiger partial charge in [-0.1, -0.05) is 18.2 Å². The van der Waals surface area contributed by atoms with Gasteiger partial charge in [-0.15, -0.1) is 11.8 Å². The van der Waals surface area contributed by atoms with E-state index in [-0.39, 0.29) is 6.61 Å². The highest BCUT2D eigenvalue weighted by Gasteiger charge is 2.49. The summed E-state index contributed by atoms with van der Waals surface area (Å²) in [6.45, 7) is 3.09. The van der Waals surface area contributed by atoms with Crippen LogP contribution in [0.25, 0.3) is 0 Å². The standard InChI is InChI=1S/C16H20N2O6S/c1-16(2)12(15(22)23)18-13(25-16)11(14(20)21)17-10(19)8-24-9-6-4-3-5-7-9/h3-7,11-13,18H,8H2,1-2H3,(H,17,19)(H,20,21)(H,22,23). The van der Waals surface area contributed by atoms with Gasteiger partial charge in [0.25, 0.3) is 5.91 Å². The van der Waals surface area contributed by atoms with Gasteiger partial charge < -0.3 is 20.3 Å². The molecule has 3 atom stereocenters. The van der Waals surface area contributed by atoms with Crippen LogP contribution in [0.4, 0.5) is 0 Å². The number of aliphatic carboxylic acids is 2. The molecule has 1 aromatic rings. The lowest BCUT2D eigenvalue weighted by Crippen LogP contribution is -2.54. The van der Waals surface area contributed by atoms with Gasteiger partial charge in [-0.3, -0.25) is 14.9 Å². The molecule has 4 N–H and O–H groups in total. The van der Waals surface area contributed by atoms with Crippen molar-refractivity contribution in [1.82, 2.24) is 10.6 Å². The van der Waals surface area contributed by atoms with Crippen LogP contribution in [-0.2, 0) is 14.4 Å². The molecule has 1 amide bonds. The Balaban J connectivity index is 1.98.